The molecule has 0 spiro atoms. The van der Waals surface area contributed by atoms with E-state index in [1.54, 1.807) is 0 Å². The van der Waals surface area contributed by atoms with Gasteiger partial charge in [-0.3, -0.25) is 4.68 Å². The van der Waals surface area contributed by atoms with Gasteiger partial charge in [-0.25, -0.2) is 0 Å². The van der Waals surface area contributed by atoms with E-state index in [1.807, 2.05) is 17.9 Å². The fourth-order valence-electron chi connectivity index (χ4n) is 1.23. The van der Waals surface area contributed by atoms with Gasteiger partial charge >= 0.3 is 0 Å². The Morgan fingerprint density at radius 3 is 2.92 bits per heavy atom. The smallest absolute Gasteiger partial charge is 0.0762 e. The summed E-state index contributed by atoms with van der Waals surface area (Å²) >= 11 is 0. The highest BCUT2D eigenvalue weighted by Crippen LogP contribution is 2.34. The molecule has 0 amide bonds. The van der Waals surface area contributed by atoms with Crippen LogP contribution < -0.4 is 5.32 Å². The Hall–Kier alpha value is -0.830. The molecule has 1 aliphatic carbocycles. The van der Waals surface area contributed by atoms with E-state index in [0.29, 0.717) is 5.54 Å². The van der Waals surface area contributed by atoms with Crippen LogP contribution in [0.2, 0.25) is 0 Å². The number of hydrogen-bond donors (Lipinski definition) is 1. The summed E-state index contributed by atoms with van der Waals surface area (Å²) in [6.07, 6.45) is 4.59. The molecule has 0 atom stereocenters. The minimum absolute atomic E-state index is 0.414. The average molecular weight is 165 g/mol. The molecule has 0 aliphatic heterocycles. The molecule has 3 nitrogen and oxygen atoms in total. The van der Waals surface area contributed by atoms with Gasteiger partial charge in [0.1, 0.15) is 0 Å². The summed E-state index contributed by atoms with van der Waals surface area (Å²) in [7, 11) is 1.95. The highest BCUT2D eigenvalue weighted by molar-refractivity contribution is 5.03. The van der Waals surface area contributed by atoms with Crippen LogP contribution in [0.1, 0.15) is 25.5 Å². The maximum Gasteiger partial charge on any atom is 0.0762 e. The van der Waals surface area contributed by atoms with E-state index in [1.165, 1.54) is 12.8 Å². The minimum atomic E-state index is 0.414. The van der Waals surface area contributed by atoms with Crippen molar-refractivity contribution in [2.75, 3.05) is 0 Å². The summed E-state index contributed by atoms with van der Waals surface area (Å²) in [4.78, 5) is 0. The number of aryl methyl sites for hydroxylation is 1. The van der Waals surface area contributed by atoms with Gasteiger partial charge in [0.15, 0.2) is 0 Å². The topological polar surface area (TPSA) is 29.9 Å². The van der Waals surface area contributed by atoms with E-state index in [0.717, 1.165) is 12.2 Å². The van der Waals surface area contributed by atoms with Crippen LogP contribution in [0.4, 0.5) is 0 Å². The first-order chi connectivity index (χ1) is 5.68. The highest BCUT2D eigenvalue weighted by atomic mass is 15.3. The summed E-state index contributed by atoms with van der Waals surface area (Å²) in [5.41, 5.74) is 1.54. The van der Waals surface area contributed by atoms with E-state index in [-0.39, 0.29) is 0 Å². The zero-order chi connectivity index (χ0) is 8.60. The first-order valence-corrected chi connectivity index (χ1v) is 4.42. The van der Waals surface area contributed by atoms with Crippen molar-refractivity contribution in [3.05, 3.63) is 18.0 Å². The van der Waals surface area contributed by atoms with Crippen LogP contribution in [0.15, 0.2) is 12.3 Å². The second-order valence-corrected chi connectivity index (χ2v) is 3.89. The molecule has 1 aliphatic rings. The molecule has 0 radical (unpaired) electrons. The standard InChI is InChI=1S/C9H15N3/c1-9(4-5-9)10-7-8-3-6-12(2)11-8/h3,6,10H,4-5,7H2,1-2H3. The average Bonchev–Trinajstić information content (AvgIpc) is 2.60. The molecule has 1 saturated carbocycles. The van der Waals surface area contributed by atoms with Crippen LogP contribution in [-0.2, 0) is 13.6 Å². The van der Waals surface area contributed by atoms with Gasteiger partial charge < -0.3 is 5.32 Å². The third-order valence-corrected chi connectivity index (χ3v) is 2.47. The molecule has 1 heterocycles. The molecule has 1 fully saturated rings. The Labute approximate surface area is 72.8 Å². The Kier molecular flexibility index (Phi) is 1.68. The normalized spacial score (nSPS) is 19.5. The first-order valence-electron chi connectivity index (χ1n) is 4.42. The van der Waals surface area contributed by atoms with Crippen LogP contribution in [0.5, 0.6) is 0 Å². The van der Waals surface area contributed by atoms with Gasteiger partial charge in [-0.05, 0) is 25.8 Å². The lowest BCUT2D eigenvalue weighted by Gasteiger charge is -2.08. The SMILES string of the molecule is Cn1ccc(CNC2(C)CC2)n1. The lowest BCUT2D eigenvalue weighted by atomic mass is 10.3. The Morgan fingerprint density at radius 2 is 2.42 bits per heavy atom. The van der Waals surface area contributed by atoms with E-state index in [4.69, 9.17) is 0 Å². The lowest BCUT2D eigenvalue weighted by Crippen LogP contribution is -2.27. The van der Waals surface area contributed by atoms with Crippen molar-refractivity contribution < 1.29 is 0 Å². The molecule has 0 unspecified atom stereocenters. The molecule has 3 heteroatoms. The predicted molar refractivity (Wildman–Crippen MR) is 47.7 cm³/mol. The molecule has 66 valence electrons. The number of aromatic nitrogens is 2. The van der Waals surface area contributed by atoms with Crippen LogP contribution in [0.25, 0.3) is 0 Å². The Bertz CT molecular complexity index is 273. The van der Waals surface area contributed by atoms with Gasteiger partial charge in [0.2, 0.25) is 0 Å². The van der Waals surface area contributed by atoms with Gasteiger partial charge in [-0.2, -0.15) is 5.10 Å². The number of rotatable bonds is 3. The van der Waals surface area contributed by atoms with E-state index < -0.39 is 0 Å². The molecular formula is C9H15N3. The molecule has 1 N–H and O–H groups in total. The zero-order valence-electron chi connectivity index (χ0n) is 7.67. The maximum absolute atomic E-state index is 4.30. The van der Waals surface area contributed by atoms with E-state index in [9.17, 15) is 0 Å². The summed E-state index contributed by atoms with van der Waals surface area (Å²) in [5.74, 6) is 0. The number of nitrogens with one attached hydrogen (secondary N) is 1. The second-order valence-electron chi connectivity index (χ2n) is 3.89. The lowest BCUT2D eigenvalue weighted by molar-refractivity contribution is 0.528. The third-order valence-electron chi connectivity index (χ3n) is 2.47. The first kappa shape index (κ1) is 7.80. The van der Waals surface area contributed by atoms with E-state index in [2.05, 4.69) is 23.4 Å². The Morgan fingerprint density at radius 1 is 1.67 bits per heavy atom. The van der Waals surface area contributed by atoms with Gasteiger partial charge in [0.25, 0.3) is 0 Å². The summed E-state index contributed by atoms with van der Waals surface area (Å²) in [6, 6.07) is 2.05. The van der Waals surface area contributed by atoms with Crippen molar-refractivity contribution in [2.45, 2.75) is 31.8 Å². The van der Waals surface area contributed by atoms with Crippen molar-refractivity contribution in [3.63, 3.8) is 0 Å². The van der Waals surface area contributed by atoms with Crippen molar-refractivity contribution in [1.29, 1.82) is 0 Å². The summed E-state index contributed by atoms with van der Waals surface area (Å²) in [5, 5.41) is 7.78. The fourth-order valence-corrected chi connectivity index (χ4v) is 1.23. The largest absolute Gasteiger partial charge is 0.306 e. The number of nitrogens with zero attached hydrogens (tertiary/aromatic N) is 2. The molecule has 2 rings (SSSR count). The molecule has 1 aromatic heterocycles. The fraction of sp³-hybridized carbons (Fsp3) is 0.667. The molecule has 12 heavy (non-hydrogen) atoms. The van der Waals surface area contributed by atoms with Crippen LogP contribution in [0, 0.1) is 0 Å². The molecule has 0 saturated heterocycles. The highest BCUT2D eigenvalue weighted by Gasteiger charge is 2.36. The van der Waals surface area contributed by atoms with Gasteiger partial charge in [0.05, 0.1) is 5.69 Å². The van der Waals surface area contributed by atoms with Crippen molar-refractivity contribution >= 4 is 0 Å². The Balaban J connectivity index is 1.87. The number of hydrogen-bond acceptors (Lipinski definition) is 2. The molecular weight excluding hydrogens is 150 g/mol. The van der Waals surface area contributed by atoms with Crippen LogP contribution >= 0.6 is 0 Å². The molecule has 1 aromatic rings. The summed E-state index contributed by atoms with van der Waals surface area (Å²) < 4.78 is 1.84. The van der Waals surface area contributed by atoms with Gasteiger partial charge in [-0.15, -0.1) is 0 Å². The molecule has 0 aromatic carbocycles. The van der Waals surface area contributed by atoms with E-state index >= 15 is 0 Å². The predicted octanol–water partition coefficient (Wildman–Crippen LogP) is 1.06. The quantitative estimate of drug-likeness (QED) is 0.726. The van der Waals surface area contributed by atoms with Gasteiger partial charge in [-0.1, -0.05) is 0 Å². The summed E-state index contributed by atoms with van der Waals surface area (Å²) in [6.45, 7) is 3.16. The third kappa shape index (κ3) is 1.67. The zero-order valence-corrected chi connectivity index (χ0v) is 7.67. The monoisotopic (exact) mass is 165 g/mol. The van der Waals surface area contributed by atoms with Gasteiger partial charge in [0, 0.05) is 25.3 Å². The maximum atomic E-state index is 4.30. The second kappa shape index (κ2) is 2.59. The van der Waals surface area contributed by atoms with Crippen molar-refractivity contribution in [2.24, 2.45) is 7.05 Å². The van der Waals surface area contributed by atoms with Crippen molar-refractivity contribution in [3.8, 4) is 0 Å². The van der Waals surface area contributed by atoms with Crippen LogP contribution in [-0.4, -0.2) is 15.3 Å². The van der Waals surface area contributed by atoms with Crippen LogP contribution in [0.3, 0.4) is 0 Å². The minimum Gasteiger partial charge on any atom is -0.306 e. The van der Waals surface area contributed by atoms with Crippen molar-refractivity contribution in [1.82, 2.24) is 15.1 Å². The molecule has 0 bridgehead atoms.